The highest BCUT2D eigenvalue weighted by Gasteiger charge is 2.40. The van der Waals surface area contributed by atoms with Gasteiger partial charge in [0.1, 0.15) is 11.5 Å². The summed E-state index contributed by atoms with van der Waals surface area (Å²) in [5.41, 5.74) is 5.75. The predicted octanol–water partition coefficient (Wildman–Crippen LogP) is 2.13. The van der Waals surface area contributed by atoms with E-state index in [1.165, 1.54) is 19.1 Å². The van der Waals surface area contributed by atoms with E-state index in [2.05, 4.69) is 25.4 Å². The average molecular weight is 589 g/mol. The van der Waals surface area contributed by atoms with E-state index in [1.807, 2.05) is 0 Å². The first-order valence-electron chi connectivity index (χ1n) is 10.4. The minimum atomic E-state index is -5.08. The van der Waals surface area contributed by atoms with Gasteiger partial charge in [-0.15, -0.1) is 0 Å². The summed E-state index contributed by atoms with van der Waals surface area (Å²) in [4.78, 5) is 21.9. The number of alkyl halides is 3. The number of rotatable bonds is 5. The van der Waals surface area contributed by atoms with Crippen molar-refractivity contribution in [3.8, 4) is 0 Å². The number of hydrogen-bond acceptors (Lipinski definition) is 10. The number of carbonyl (C=O) groups excluding carboxylic acids is 1. The standard InChI is InChI=1S/C17H20ClFN6O5S.C2HF3O2/c1-9(26)25-6-4-11(5-7-25)31(28,29)16(20)14-15(24-30-23-14)17(22-27)21-10-2-3-13(19)12(18)8-10;3-2(4,5)1(6)7/h2-3,8,11,16,27H,4-7,20H2,1H3,(H,21,22);(H,6,7). The predicted molar refractivity (Wildman–Crippen MR) is 122 cm³/mol. The fourth-order valence-corrected chi connectivity index (χ4v) is 5.18. The molecule has 1 atom stereocenters. The van der Waals surface area contributed by atoms with Gasteiger partial charge < -0.3 is 26.3 Å². The number of amides is 1. The van der Waals surface area contributed by atoms with Gasteiger partial charge in [-0.25, -0.2) is 22.2 Å². The van der Waals surface area contributed by atoms with Crippen molar-refractivity contribution in [1.82, 2.24) is 15.2 Å². The van der Waals surface area contributed by atoms with Crippen molar-refractivity contribution in [3.05, 3.63) is 40.4 Å². The molecule has 38 heavy (non-hydrogen) atoms. The molecule has 1 aromatic heterocycles. The van der Waals surface area contributed by atoms with Crippen LogP contribution >= 0.6 is 11.6 Å². The maximum Gasteiger partial charge on any atom is 0.490 e. The highest BCUT2D eigenvalue weighted by molar-refractivity contribution is 7.92. The summed E-state index contributed by atoms with van der Waals surface area (Å²) in [5, 5.41) is 26.8. The minimum absolute atomic E-state index is 0.126. The molecule has 19 heteroatoms. The lowest BCUT2D eigenvalue weighted by Gasteiger charge is -2.32. The highest BCUT2D eigenvalue weighted by atomic mass is 35.5. The number of sulfone groups is 1. The van der Waals surface area contributed by atoms with E-state index >= 15 is 0 Å². The Kier molecular flexibility index (Phi) is 9.99. The fraction of sp³-hybridized carbons (Fsp3) is 0.421. The van der Waals surface area contributed by atoms with Crippen LogP contribution in [0.2, 0.25) is 5.02 Å². The average Bonchev–Trinajstić information content (AvgIpc) is 3.33. The number of anilines is 1. The maximum absolute atomic E-state index is 13.4. The number of aromatic nitrogens is 2. The van der Waals surface area contributed by atoms with Gasteiger partial charge in [0.25, 0.3) is 0 Å². The first kappa shape index (κ1) is 30.7. The Morgan fingerprint density at radius 2 is 1.87 bits per heavy atom. The van der Waals surface area contributed by atoms with E-state index in [0.29, 0.717) is 13.1 Å². The van der Waals surface area contributed by atoms with Gasteiger partial charge >= 0.3 is 12.1 Å². The zero-order valence-corrected chi connectivity index (χ0v) is 20.9. The quantitative estimate of drug-likeness (QED) is 0.131. The van der Waals surface area contributed by atoms with Gasteiger partial charge in [0, 0.05) is 25.7 Å². The molecule has 0 spiro atoms. The number of likely N-dealkylation sites (tertiary alicyclic amines) is 1. The molecular formula is C19H21ClF4N6O7S. The summed E-state index contributed by atoms with van der Waals surface area (Å²) in [6.07, 6.45) is -4.63. The Labute approximate surface area is 217 Å². The number of carbonyl (C=O) groups is 2. The number of nitrogens with one attached hydrogen (secondary N) is 1. The molecule has 13 nitrogen and oxygen atoms in total. The molecule has 2 aromatic rings. The molecule has 0 radical (unpaired) electrons. The Morgan fingerprint density at radius 1 is 1.29 bits per heavy atom. The Balaban J connectivity index is 0.000000638. The van der Waals surface area contributed by atoms with Crippen LogP contribution in [-0.4, -0.2) is 76.2 Å². The number of benzene rings is 1. The molecule has 5 N–H and O–H groups in total. The summed E-state index contributed by atoms with van der Waals surface area (Å²) in [6.45, 7) is 2.02. The van der Waals surface area contributed by atoms with Crippen LogP contribution in [0.5, 0.6) is 0 Å². The number of aliphatic carboxylic acids is 1. The van der Waals surface area contributed by atoms with E-state index in [4.69, 9.17) is 27.2 Å². The maximum atomic E-state index is 13.4. The number of amidine groups is 1. The number of hydrogen-bond donors (Lipinski definition) is 4. The number of halogens is 5. The first-order chi connectivity index (χ1) is 17.6. The molecule has 1 amide bonds. The lowest BCUT2D eigenvalue weighted by atomic mass is 10.1. The zero-order valence-electron chi connectivity index (χ0n) is 19.3. The molecule has 1 aliphatic rings. The second-order valence-electron chi connectivity index (χ2n) is 7.72. The number of nitrogens with zero attached hydrogens (tertiary/aromatic N) is 4. The SMILES string of the molecule is CC(=O)N1CCC(S(=O)(=O)C(N)c2nonc2/C(=N/O)Nc2ccc(F)c(Cl)c2)CC1.O=C(O)C(F)(F)F. The third-order valence-corrected chi connectivity index (χ3v) is 7.86. The van der Waals surface area contributed by atoms with Gasteiger partial charge in [0.05, 0.1) is 10.3 Å². The van der Waals surface area contributed by atoms with Crippen LogP contribution < -0.4 is 11.1 Å². The molecule has 0 saturated carbocycles. The van der Waals surface area contributed by atoms with Crippen LogP contribution in [0.4, 0.5) is 23.2 Å². The van der Waals surface area contributed by atoms with Crippen LogP contribution in [0.15, 0.2) is 28.0 Å². The molecule has 1 saturated heterocycles. The van der Waals surface area contributed by atoms with Gasteiger partial charge in [0.15, 0.2) is 20.9 Å². The van der Waals surface area contributed by atoms with Crippen molar-refractivity contribution in [2.75, 3.05) is 18.4 Å². The molecule has 1 aromatic carbocycles. The van der Waals surface area contributed by atoms with Crippen molar-refractivity contribution in [1.29, 1.82) is 0 Å². The van der Waals surface area contributed by atoms with Crippen molar-refractivity contribution in [3.63, 3.8) is 0 Å². The summed E-state index contributed by atoms with van der Waals surface area (Å²) in [7, 11) is -3.94. The summed E-state index contributed by atoms with van der Waals surface area (Å²) in [5.74, 6) is -3.86. The lowest BCUT2D eigenvalue weighted by Crippen LogP contribution is -2.44. The topological polar surface area (TPSA) is 201 Å². The molecule has 0 bridgehead atoms. The molecule has 1 unspecified atom stereocenters. The lowest BCUT2D eigenvalue weighted by molar-refractivity contribution is -0.192. The van der Waals surface area contributed by atoms with Crippen LogP contribution in [0.1, 0.15) is 36.5 Å². The van der Waals surface area contributed by atoms with Crippen molar-refractivity contribution in [2.24, 2.45) is 10.9 Å². The minimum Gasteiger partial charge on any atom is -0.475 e. The normalized spacial score (nSPS) is 15.9. The number of carboxylic acid groups (broad SMARTS) is 1. The second-order valence-corrected chi connectivity index (χ2v) is 10.5. The molecular weight excluding hydrogens is 568 g/mol. The molecule has 0 aliphatic carbocycles. The van der Waals surface area contributed by atoms with Gasteiger partial charge in [0.2, 0.25) is 11.7 Å². The molecule has 210 valence electrons. The fourth-order valence-electron chi connectivity index (χ4n) is 3.25. The van der Waals surface area contributed by atoms with Crippen molar-refractivity contribution >= 4 is 44.8 Å². The number of oxime groups is 1. The van der Waals surface area contributed by atoms with Crippen LogP contribution in [0.3, 0.4) is 0 Å². The van der Waals surface area contributed by atoms with Crippen molar-refractivity contribution < 1.29 is 50.5 Å². The van der Waals surface area contributed by atoms with Gasteiger partial charge in [-0.1, -0.05) is 21.9 Å². The van der Waals surface area contributed by atoms with Crippen LogP contribution in [0.25, 0.3) is 0 Å². The van der Waals surface area contributed by atoms with E-state index in [-0.39, 0.29) is 46.7 Å². The summed E-state index contributed by atoms with van der Waals surface area (Å²) >= 11 is 5.74. The highest BCUT2D eigenvalue weighted by Crippen LogP contribution is 2.28. The Morgan fingerprint density at radius 3 is 2.34 bits per heavy atom. The van der Waals surface area contributed by atoms with E-state index in [9.17, 15) is 36.0 Å². The van der Waals surface area contributed by atoms with Gasteiger partial charge in [-0.2, -0.15) is 13.2 Å². The number of nitrogens with two attached hydrogens (primary N) is 1. The monoisotopic (exact) mass is 588 g/mol. The Hall–Kier alpha value is -3.51. The third-order valence-electron chi connectivity index (χ3n) is 5.24. The molecule has 3 rings (SSSR count). The number of carboxylic acids is 1. The largest absolute Gasteiger partial charge is 0.490 e. The summed E-state index contributed by atoms with van der Waals surface area (Å²) < 4.78 is 75.8. The number of piperidine rings is 1. The second kappa shape index (κ2) is 12.4. The Bertz CT molecular complexity index is 1300. The third kappa shape index (κ3) is 7.51. The van der Waals surface area contributed by atoms with Gasteiger partial charge in [-0.05, 0) is 36.2 Å². The van der Waals surface area contributed by atoms with E-state index in [0.717, 1.165) is 6.07 Å². The van der Waals surface area contributed by atoms with E-state index in [1.54, 1.807) is 4.90 Å². The molecule has 1 fully saturated rings. The smallest absolute Gasteiger partial charge is 0.475 e. The molecule has 1 aliphatic heterocycles. The van der Waals surface area contributed by atoms with Crippen LogP contribution in [-0.2, 0) is 19.4 Å². The first-order valence-corrected chi connectivity index (χ1v) is 12.4. The van der Waals surface area contributed by atoms with Gasteiger partial charge in [-0.3, -0.25) is 4.79 Å². The van der Waals surface area contributed by atoms with E-state index < -0.39 is 38.4 Å². The van der Waals surface area contributed by atoms with Crippen LogP contribution in [0, 0.1) is 5.82 Å². The zero-order chi connectivity index (χ0) is 28.8. The van der Waals surface area contributed by atoms with Crippen molar-refractivity contribution in [2.45, 2.75) is 36.6 Å². The summed E-state index contributed by atoms with van der Waals surface area (Å²) in [6, 6.07) is 3.64. The molecule has 2 heterocycles.